The van der Waals surface area contributed by atoms with Crippen LogP contribution in [-0.2, 0) is 4.74 Å². The van der Waals surface area contributed by atoms with Crippen molar-refractivity contribution in [2.75, 3.05) is 6.61 Å². The summed E-state index contributed by atoms with van der Waals surface area (Å²) < 4.78 is 6.04. The Bertz CT molecular complexity index is 359. The van der Waals surface area contributed by atoms with Gasteiger partial charge in [-0.3, -0.25) is 0 Å². The molecule has 0 aromatic rings. The van der Waals surface area contributed by atoms with Crippen molar-refractivity contribution in [3.8, 4) is 0 Å². The number of hydrogen-bond donors (Lipinski definition) is 0. The first-order chi connectivity index (χ1) is 12.5. The number of ether oxygens (including phenoxy) is 1. The van der Waals surface area contributed by atoms with E-state index < -0.39 is 6.00 Å². The molecule has 1 nitrogen and oxygen atoms in total. The first-order valence-electron chi connectivity index (χ1n) is 11.2. The summed E-state index contributed by atoms with van der Waals surface area (Å²) in [5.74, 6) is 2.99. The average molecular weight is 442 g/mol. The van der Waals surface area contributed by atoms with Crippen LogP contribution in [0.5, 0.6) is 0 Å². The van der Waals surface area contributed by atoms with Crippen LogP contribution >= 0.6 is 33.2 Å². The fourth-order valence-electron chi connectivity index (χ4n) is 5.06. The van der Waals surface area contributed by atoms with Crippen molar-refractivity contribution in [2.45, 2.75) is 109 Å². The van der Waals surface area contributed by atoms with E-state index in [4.69, 9.17) is 38.0 Å². The molecule has 5 heteroatoms. The van der Waals surface area contributed by atoms with Crippen molar-refractivity contribution in [1.29, 1.82) is 0 Å². The Morgan fingerprint density at radius 1 is 0.769 bits per heavy atom. The molecule has 0 unspecified atom stereocenters. The number of rotatable bonds is 11. The van der Waals surface area contributed by atoms with Gasteiger partial charge in [0.15, 0.2) is 0 Å². The van der Waals surface area contributed by atoms with E-state index in [1.807, 2.05) is 0 Å². The third kappa shape index (κ3) is 9.50. The van der Waals surface area contributed by atoms with Crippen molar-refractivity contribution in [1.82, 2.24) is 0 Å². The van der Waals surface area contributed by atoms with Gasteiger partial charge >= 0.3 is 6.00 Å². The molecule has 0 amide bonds. The molecule has 0 bridgehead atoms. The molecule has 0 aromatic carbocycles. The Balaban J connectivity index is 1.53. The van der Waals surface area contributed by atoms with Gasteiger partial charge in [-0.05, 0) is 68.7 Å². The summed E-state index contributed by atoms with van der Waals surface area (Å²) >= 11 is 17.8. The molecule has 154 valence electrons. The first-order valence-corrected chi connectivity index (χ1v) is 16.4. The highest BCUT2D eigenvalue weighted by atomic mass is 35.8. The van der Waals surface area contributed by atoms with E-state index in [2.05, 4.69) is 6.92 Å². The van der Waals surface area contributed by atoms with Gasteiger partial charge in [-0.1, -0.05) is 51.9 Å². The minimum absolute atomic E-state index is 0.457. The second-order valence-corrected chi connectivity index (χ2v) is 18.0. The minimum atomic E-state index is -2.46. The zero-order chi connectivity index (χ0) is 18.8. The van der Waals surface area contributed by atoms with E-state index in [1.165, 1.54) is 83.5 Å². The standard InChI is InChI=1S/C21H39Cl3OSi/c1-2-3-4-5-7-18-8-10-19(11-9-18)20-12-14-21(15-13-20)25-16-6-17-26(22,23)24/h18-21H,2-17H2,1H3. The SMILES string of the molecule is CCCCCCC1CCC(C2CCC(OCCC[Si](Cl)(Cl)Cl)CC2)CC1. The molecule has 0 aromatic heterocycles. The average Bonchev–Trinajstić information content (AvgIpc) is 2.63. The first kappa shape index (κ1) is 23.3. The highest BCUT2D eigenvalue weighted by Gasteiger charge is 2.31. The Morgan fingerprint density at radius 3 is 1.96 bits per heavy atom. The minimum Gasteiger partial charge on any atom is -0.378 e. The zero-order valence-electron chi connectivity index (χ0n) is 16.7. The lowest BCUT2D eigenvalue weighted by atomic mass is 9.70. The van der Waals surface area contributed by atoms with Gasteiger partial charge in [-0.2, -0.15) is 0 Å². The predicted octanol–water partition coefficient (Wildman–Crippen LogP) is 8.38. The molecular formula is C21H39Cl3OSi. The van der Waals surface area contributed by atoms with Crippen LogP contribution < -0.4 is 0 Å². The fraction of sp³-hybridized carbons (Fsp3) is 1.00. The second-order valence-electron chi connectivity index (χ2n) is 8.76. The van der Waals surface area contributed by atoms with Crippen molar-refractivity contribution in [3.63, 3.8) is 0 Å². The van der Waals surface area contributed by atoms with Crippen LogP contribution in [0.25, 0.3) is 0 Å². The van der Waals surface area contributed by atoms with Gasteiger partial charge < -0.3 is 4.74 Å². The van der Waals surface area contributed by atoms with E-state index in [9.17, 15) is 0 Å². The molecule has 0 radical (unpaired) electrons. The molecule has 2 aliphatic carbocycles. The topological polar surface area (TPSA) is 9.23 Å². The lowest BCUT2D eigenvalue weighted by Crippen LogP contribution is -2.29. The third-order valence-corrected chi connectivity index (χ3v) is 9.32. The summed E-state index contributed by atoms with van der Waals surface area (Å²) in [7, 11) is 0. The maximum absolute atomic E-state index is 6.04. The maximum Gasteiger partial charge on any atom is 0.341 e. The molecule has 2 rings (SSSR count). The van der Waals surface area contributed by atoms with Gasteiger partial charge in [0.1, 0.15) is 0 Å². The summed E-state index contributed by atoms with van der Waals surface area (Å²) in [4.78, 5) is 0. The van der Waals surface area contributed by atoms with Gasteiger partial charge in [0.25, 0.3) is 0 Å². The lowest BCUT2D eigenvalue weighted by Gasteiger charge is -2.38. The quantitative estimate of drug-likeness (QED) is 0.178. The number of halogens is 3. The van der Waals surface area contributed by atoms with Crippen LogP contribution in [-0.4, -0.2) is 18.7 Å². The molecule has 2 aliphatic rings. The van der Waals surface area contributed by atoms with Gasteiger partial charge in [-0.25, -0.2) is 0 Å². The van der Waals surface area contributed by atoms with E-state index in [-0.39, 0.29) is 0 Å². The van der Waals surface area contributed by atoms with Crippen LogP contribution in [0, 0.1) is 17.8 Å². The molecule has 0 aliphatic heterocycles. The summed E-state index contributed by atoms with van der Waals surface area (Å²) in [5.41, 5.74) is 0. The van der Waals surface area contributed by atoms with Crippen LogP contribution in [0.1, 0.15) is 96.8 Å². The second kappa shape index (κ2) is 12.6. The van der Waals surface area contributed by atoms with Gasteiger partial charge in [0.05, 0.1) is 6.10 Å². The molecular weight excluding hydrogens is 403 g/mol. The van der Waals surface area contributed by atoms with Crippen LogP contribution in [0.15, 0.2) is 0 Å². The summed E-state index contributed by atoms with van der Waals surface area (Å²) in [6, 6.07) is -1.74. The summed E-state index contributed by atoms with van der Waals surface area (Å²) in [6.45, 7) is 3.07. The molecule has 0 heterocycles. The van der Waals surface area contributed by atoms with Crippen LogP contribution in [0.2, 0.25) is 6.04 Å². The third-order valence-electron chi connectivity index (χ3n) is 6.70. The molecule has 0 spiro atoms. The summed E-state index contributed by atoms with van der Waals surface area (Å²) in [5, 5.41) is 0. The lowest BCUT2D eigenvalue weighted by molar-refractivity contribution is 0.00726. The van der Waals surface area contributed by atoms with Crippen LogP contribution in [0.4, 0.5) is 0 Å². The molecule has 2 saturated carbocycles. The molecule has 0 N–H and O–H groups in total. The van der Waals surface area contributed by atoms with E-state index in [0.29, 0.717) is 12.1 Å². The predicted molar refractivity (Wildman–Crippen MR) is 119 cm³/mol. The molecule has 0 saturated heterocycles. The Kier molecular flexibility index (Phi) is 11.3. The van der Waals surface area contributed by atoms with E-state index in [1.54, 1.807) is 0 Å². The van der Waals surface area contributed by atoms with E-state index >= 15 is 0 Å². The highest BCUT2D eigenvalue weighted by Crippen LogP contribution is 2.41. The largest absolute Gasteiger partial charge is 0.378 e. The van der Waals surface area contributed by atoms with Crippen molar-refractivity contribution < 1.29 is 4.74 Å². The smallest absolute Gasteiger partial charge is 0.341 e. The van der Waals surface area contributed by atoms with Crippen molar-refractivity contribution in [3.05, 3.63) is 0 Å². The van der Waals surface area contributed by atoms with Gasteiger partial charge in [0.2, 0.25) is 0 Å². The number of unbranched alkanes of at least 4 members (excludes halogenated alkanes) is 3. The summed E-state index contributed by atoms with van der Waals surface area (Å²) in [6.07, 6.45) is 19.7. The highest BCUT2D eigenvalue weighted by molar-refractivity contribution is 7.64. The zero-order valence-corrected chi connectivity index (χ0v) is 19.9. The van der Waals surface area contributed by atoms with Crippen molar-refractivity contribution in [2.24, 2.45) is 17.8 Å². The Hall–Kier alpha value is 1.05. The van der Waals surface area contributed by atoms with Gasteiger partial charge in [-0.15, -0.1) is 33.2 Å². The molecule has 26 heavy (non-hydrogen) atoms. The molecule has 0 atom stereocenters. The fourth-order valence-corrected chi connectivity index (χ4v) is 6.81. The number of hydrogen-bond acceptors (Lipinski definition) is 1. The molecule has 2 fully saturated rings. The Morgan fingerprint density at radius 2 is 1.38 bits per heavy atom. The maximum atomic E-state index is 6.04. The normalized spacial score (nSPS) is 30.5. The van der Waals surface area contributed by atoms with Gasteiger partial charge in [0, 0.05) is 6.61 Å². The van der Waals surface area contributed by atoms with E-state index in [0.717, 1.165) is 30.8 Å². The van der Waals surface area contributed by atoms with Crippen LogP contribution in [0.3, 0.4) is 0 Å². The Labute approximate surface area is 177 Å². The van der Waals surface area contributed by atoms with Crippen molar-refractivity contribution >= 4 is 39.2 Å². The monoisotopic (exact) mass is 440 g/mol.